The minimum atomic E-state index is -1.12. The van der Waals surface area contributed by atoms with Gasteiger partial charge in [0.1, 0.15) is 16.9 Å². The van der Waals surface area contributed by atoms with Crippen LogP contribution in [-0.4, -0.2) is 22.6 Å². The van der Waals surface area contributed by atoms with Crippen molar-refractivity contribution in [2.75, 3.05) is 0 Å². The third-order valence-corrected chi connectivity index (χ3v) is 4.34. The summed E-state index contributed by atoms with van der Waals surface area (Å²) in [5, 5.41) is 9.60. The number of rotatable bonds is 6. The molecule has 140 valence electrons. The Kier molecular flexibility index (Phi) is 5.90. The van der Waals surface area contributed by atoms with E-state index in [-0.39, 0.29) is 11.3 Å². The van der Waals surface area contributed by atoms with Crippen molar-refractivity contribution >= 4 is 18.0 Å². The van der Waals surface area contributed by atoms with Crippen LogP contribution in [0, 0.1) is 0 Å². The highest BCUT2D eigenvalue weighted by atomic mass is 16.5. The van der Waals surface area contributed by atoms with E-state index in [0.717, 1.165) is 12.8 Å². The molecule has 1 N–H and O–H groups in total. The van der Waals surface area contributed by atoms with Crippen molar-refractivity contribution in [3.05, 3.63) is 40.5 Å². The van der Waals surface area contributed by atoms with Crippen molar-refractivity contribution in [1.29, 1.82) is 0 Å². The minimum absolute atomic E-state index is 0.0165. The molecule has 26 heavy (non-hydrogen) atoms. The van der Waals surface area contributed by atoms with Crippen LogP contribution in [0.1, 0.15) is 68.9 Å². The predicted molar refractivity (Wildman–Crippen MR) is 101 cm³/mol. The summed E-state index contributed by atoms with van der Waals surface area (Å²) < 4.78 is 11.5. The summed E-state index contributed by atoms with van der Waals surface area (Å²) in [6.45, 7) is 9.22. The second-order valence-corrected chi connectivity index (χ2v) is 6.97. The van der Waals surface area contributed by atoms with Gasteiger partial charge in [0.2, 0.25) is 0 Å². The molecule has 0 saturated carbocycles. The molecule has 0 radical (unpaired) electrons. The third-order valence-electron chi connectivity index (χ3n) is 4.34. The summed E-state index contributed by atoms with van der Waals surface area (Å²) in [5.74, 6) is -1.08. The molecule has 2 rings (SSSR count). The van der Waals surface area contributed by atoms with Crippen LogP contribution in [0.25, 0.3) is 6.08 Å². The highest BCUT2D eigenvalue weighted by Crippen LogP contribution is 2.42. The lowest BCUT2D eigenvalue weighted by molar-refractivity contribution is -0.131. The van der Waals surface area contributed by atoms with E-state index in [0.29, 0.717) is 23.3 Å². The summed E-state index contributed by atoms with van der Waals surface area (Å²) in [6, 6.07) is 1.74. The molecule has 1 aliphatic heterocycles. The number of hydrogen-bond acceptors (Lipinski definition) is 4. The molecule has 5 heteroatoms. The van der Waals surface area contributed by atoms with Gasteiger partial charge in [0.25, 0.3) is 0 Å². The zero-order valence-corrected chi connectivity index (χ0v) is 16.0. The van der Waals surface area contributed by atoms with Crippen LogP contribution in [0.15, 0.2) is 23.8 Å². The Morgan fingerprint density at radius 1 is 1.31 bits per heavy atom. The fraction of sp³-hybridized carbons (Fsp3) is 0.429. The number of esters is 1. The highest BCUT2D eigenvalue weighted by Gasteiger charge is 2.32. The average molecular weight is 358 g/mol. The van der Waals surface area contributed by atoms with Crippen molar-refractivity contribution in [2.45, 2.75) is 59.5 Å². The van der Waals surface area contributed by atoms with E-state index < -0.39 is 17.5 Å². The monoisotopic (exact) mass is 358 g/mol. The third kappa shape index (κ3) is 4.34. The first-order valence-electron chi connectivity index (χ1n) is 8.80. The number of hydrogen-bond donors (Lipinski definition) is 1. The van der Waals surface area contributed by atoms with Gasteiger partial charge in [-0.2, -0.15) is 0 Å². The Hall–Kier alpha value is -2.56. The molecule has 1 heterocycles. The Bertz CT molecular complexity index is 784. The van der Waals surface area contributed by atoms with E-state index in [9.17, 15) is 14.7 Å². The molecule has 1 atom stereocenters. The maximum Gasteiger partial charge on any atom is 0.339 e. The van der Waals surface area contributed by atoms with Crippen LogP contribution < -0.4 is 9.47 Å². The van der Waals surface area contributed by atoms with E-state index in [2.05, 4.69) is 19.9 Å². The predicted octanol–water partition coefficient (Wildman–Crippen LogP) is 4.78. The molecule has 0 amide bonds. The standard InChI is InChI=1S/C21H26O5/c1-6-15-12-17-16(19(25-14(4)22)18(15)20(23)24)9-11-21(5,26-17)10-7-8-13(2)3/h8-9,11-12H,6-7,10H2,1-5H3,(H,23,24). The molecule has 0 aromatic heterocycles. The molecular formula is C21H26O5. The van der Waals surface area contributed by atoms with Crippen molar-refractivity contribution < 1.29 is 24.2 Å². The van der Waals surface area contributed by atoms with E-state index in [1.165, 1.54) is 12.5 Å². The van der Waals surface area contributed by atoms with Crippen LogP contribution in [-0.2, 0) is 11.2 Å². The maximum absolute atomic E-state index is 11.7. The smallest absolute Gasteiger partial charge is 0.339 e. The normalized spacial score (nSPS) is 17.9. The second kappa shape index (κ2) is 7.77. The molecule has 0 spiro atoms. The number of aromatic carboxylic acids is 1. The molecule has 0 saturated heterocycles. The summed E-state index contributed by atoms with van der Waals surface area (Å²) in [4.78, 5) is 23.3. The van der Waals surface area contributed by atoms with Gasteiger partial charge in [-0.1, -0.05) is 18.6 Å². The number of carboxylic acids is 1. The number of carboxylic acid groups (broad SMARTS) is 1. The number of carbonyl (C=O) groups excluding carboxylic acids is 1. The molecule has 0 fully saturated rings. The maximum atomic E-state index is 11.7. The average Bonchev–Trinajstić information content (AvgIpc) is 2.52. The molecule has 0 bridgehead atoms. The second-order valence-electron chi connectivity index (χ2n) is 6.97. The number of aryl methyl sites for hydroxylation is 1. The van der Waals surface area contributed by atoms with Gasteiger partial charge in [-0.05, 0) is 63.8 Å². The number of carbonyl (C=O) groups is 2. The highest BCUT2D eigenvalue weighted by molar-refractivity contribution is 5.96. The van der Waals surface area contributed by atoms with Crippen LogP contribution >= 0.6 is 0 Å². The van der Waals surface area contributed by atoms with Gasteiger partial charge in [0, 0.05) is 6.92 Å². The number of benzene rings is 1. The Balaban J connectivity index is 2.50. The Morgan fingerprint density at radius 2 is 2.00 bits per heavy atom. The lowest BCUT2D eigenvalue weighted by Gasteiger charge is -2.33. The van der Waals surface area contributed by atoms with Gasteiger partial charge >= 0.3 is 11.9 Å². The van der Waals surface area contributed by atoms with E-state index >= 15 is 0 Å². The first-order valence-corrected chi connectivity index (χ1v) is 8.80. The van der Waals surface area contributed by atoms with E-state index in [4.69, 9.17) is 9.47 Å². The van der Waals surface area contributed by atoms with Gasteiger partial charge in [-0.3, -0.25) is 4.79 Å². The molecule has 1 aliphatic rings. The lowest BCUT2D eigenvalue weighted by atomic mass is 9.91. The SMILES string of the molecule is CCc1cc2c(c(OC(C)=O)c1C(=O)O)C=CC(C)(CCC=C(C)C)O2. The summed E-state index contributed by atoms with van der Waals surface area (Å²) in [5.41, 5.74) is 1.85. The minimum Gasteiger partial charge on any atom is -0.483 e. The van der Waals surface area contributed by atoms with Crippen molar-refractivity contribution in [1.82, 2.24) is 0 Å². The van der Waals surface area contributed by atoms with Gasteiger partial charge in [-0.25, -0.2) is 4.79 Å². The Labute approximate surface area is 154 Å². The van der Waals surface area contributed by atoms with Crippen LogP contribution in [0.3, 0.4) is 0 Å². The number of ether oxygens (including phenoxy) is 2. The van der Waals surface area contributed by atoms with Gasteiger partial charge in [0.15, 0.2) is 5.75 Å². The van der Waals surface area contributed by atoms with Gasteiger partial charge in [0.05, 0.1) is 5.56 Å². The summed E-state index contributed by atoms with van der Waals surface area (Å²) >= 11 is 0. The first kappa shape index (κ1) is 19.8. The van der Waals surface area contributed by atoms with E-state index in [1.807, 2.05) is 19.9 Å². The topological polar surface area (TPSA) is 72.8 Å². The van der Waals surface area contributed by atoms with Crippen LogP contribution in [0.5, 0.6) is 11.5 Å². The zero-order valence-electron chi connectivity index (χ0n) is 16.0. The lowest BCUT2D eigenvalue weighted by Crippen LogP contribution is -2.32. The molecular weight excluding hydrogens is 332 g/mol. The van der Waals surface area contributed by atoms with Crippen molar-refractivity contribution in [3.8, 4) is 11.5 Å². The van der Waals surface area contributed by atoms with Gasteiger partial charge < -0.3 is 14.6 Å². The molecule has 0 aliphatic carbocycles. The quantitative estimate of drug-likeness (QED) is 0.450. The molecule has 5 nitrogen and oxygen atoms in total. The summed E-state index contributed by atoms with van der Waals surface area (Å²) in [7, 11) is 0. The molecule has 1 aromatic rings. The van der Waals surface area contributed by atoms with Gasteiger partial charge in [-0.15, -0.1) is 0 Å². The largest absolute Gasteiger partial charge is 0.483 e. The number of fused-ring (bicyclic) bond motifs is 1. The Morgan fingerprint density at radius 3 is 2.54 bits per heavy atom. The zero-order chi connectivity index (χ0) is 19.5. The fourth-order valence-corrected chi connectivity index (χ4v) is 3.03. The van der Waals surface area contributed by atoms with E-state index in [1.54, 1.807) is 12.1 Å². The van der Waals surface area contributed by atoms with Crippen LogP contribution in [0.4, 0.5) is 0 Å². The van der Waals surface area contributed by atoms with Crippen molar-refractivity contribution in [3.63, 3.8) is 0 Å². The number of allylic oxidation sites excluding steroid dienone is 2. The molecule has 1 unspecified atom stereocenters. The van der Waals surface area contributed by atoms with Crippen LogP contribution in [0.2, 0.25) is 0 Å². The fourth-order valence-electron chi connectivity index (χ4n) is 3.03. The first-order chi connectivity index (χ1) is 12.2. The van der Waals surface area contributed by atoms with Crippen molar-refractivity contribution in [2.24, 2.45) is 0 Å². The summed E-state index contributed by atoms with van der Waals surface area (Å²) in [6.07, 6.45) is 8.02. The molecule has 1 aromatic carbocycles.